The van der Waals surface area contributed by atoms with E-state index < -0.39 is 0 Å². The van der Waals surface area contributed by atoms with Crippen LogP contribution in [0, 0.1) is 0 Å². The first kappa shape index (κ1) is 25.8. The Morgan fingerprint density at radius 3 is 2.50 bits per heavy atom. The van der Waals surface area contributed by atoms with Gasteiger partial charge in [0.1, 0.15) is 23.3 Å². The van der Waals surface area contributed by atoms with Crippen LogP contribution in [0.5, 0.6) is 11.5 Å². The molecule has 1 amide bonds. The summed E-state index contributed by atoms with van der Waals surface area (Å²) in [6.45, 7) is 3.97. The summed E-state index contributed by atoms with van der Waals surface area (Å²) in [6, 6.07) is 16.5. The minimum Gasteiger partial charge on any atom is -0.457 e. The van der Waals surface area contributed by atoms with Crippen molar-refractivity contribution in [2.45, 2.75) is 31.7 Å². The molecular formula is C30H33N7O3. The molecule has 0 aliphatic carbocycles. The van der Waals surface area contributed by atoms with Crippen LogP contribution in [0.1, 0.15) is 31.7 Å². The van der Waals surface area contributed by atoms with Crippen molar-refractivity contribution in [3.8, 4) is 17.2 Å². The topological polar surface area (TPSA) is 112 Å². The van der Waals surface area contributed by atoms with Crippen molar-refractivity contribution in [3.05, 3.63) is 83.6 Å². The number of nitrogens with two attached hydrogens (primary N) is 1. The van der Waals surface area contributed by atoms with Crippen LogP contribution < -0.4 is 16.2 Å². The zero-order chi connectivity index (χ0) is 27.5. The summed E-state index contributed by atoms with van der Waals surface area (Å²) in [6.07, 6.45) is 9.37. The lowest BCUT2D eigenvalue weighted by atomic mass is 10.1. The average molecular weight is 540 g/mol. The Kier molecular flexibility index (Phi) is 7.33. The van der Waals surface area contributed by atoms with Crippen LogP contribution in [0.25, 0.3) is 16.9 Å². The molecule has 2 fully saturated rings. The van der Waals surface area contributed by atoms with Gasteiger partial charge in [0.05, 0.1) is 11.7 Å². The molecule has 0 spiro atoms. The Bertz CT molecular complexity index is 1570. The van der Waals surface area contributed by atoms with Gasteiger partial charge in [0.2, 0.25) is 5.91 Å². The molecule has 2 aromatic heterocycles. The number of nitrogens with zero attached hydrogens (tertiary/aromatic N) is 6. The maximum Gasteiger partial charge on any atom is 0.335 e. The quantitative estimate of drug-likeness (QED) is 0.356. The Morgan fingerprint density at radius 2 is 1.73 bits per heavy atom. The summed E-state index contributed by atoms with van der Waals surface area (Å²) in [7, 11) is 0. The van der Waals surface area contributed by atoms with Crippen molar-refractivity contribution >= 4 is 22.9 Å². The maximum atomic E-state index is 13.9. The fraction of sp³-hybridized carbons (Fsp3) is 0.333. The fourth-order valence-corrected chi connectivity index (χ4v) is 5.63. The number of carbonyl (C=O) groups excluding carboxylic acids is 1. The molecule has 0 unspecified atom stereocenters. The number of fused-ring (bicyclic) bond motifs is 1. The highest BCUT2D eigenvalue weighted by Crippen LogP contribution is 2.29. The zero-order valence-corrected chi connectivity index (χ0v) is 22.4. The van der Waals surface area contributed by atoms with Gasteiger partial charge in [-0.3, -0.25) is 18.8 Å². The van der Waals surface area contributed by atoms with Crippen LogP contribution in [-0.2, 0) is 4.79 Å². The summed E-state index contributed by atoms with van der Waals surface area (Å²) in [5.41, 5.74) is 7.55. The molecule has 0 bridgehead atoms. The van der Waals surface area contributed by atoms with Gasteiger partial charge in [-0.25, -0.2) is 14.8 Å². The molecule has 2 aliphatic rings. The minimum absolute atomic E-state index is 0.0283. The third-order valence-corrected chi connectivity index (χ3v) is 7.67. The van der Waals surface area contributed by atoms with Crippen molar-refractivity contribution < 1.29 is 9.53 Å². The van der Waals surface area contributed by atoms with E-state index in [1.54, 1.807) is 20.1 Å². The molecule has 10 heteroatoms. The third kappa shape index (κ3) is 5.22. The number of nitrogen functional groups attached to an aromatic ring is 1. The number of anilines is 1. The molecule has 2 N–H and O–H groups in total. The summed E-state index contributed by atoms with van der Waals surface area (Å²) >= 11 is 0. The fourth-order valence-electron chi connectivity index (χ4n) is 5.63. The number of para-hydroxylation sites is 1. The van der Waals surface area contributed by atoms with Crippen LogP contribution in [0.15, 0.2) is 77.9 Å². The standard InChI is InChI=1S/C30H33N7O3/c31-28-27-29(33-21-32-28)37(23-15-19-35(20-23)26(38)10-7-18-34-16-5-2-6-17-34)30(39)36(27)22-11-13-25(14-12-22)40-24-8-3-1-4-9-24/h1,3-4,7-14,21,23H,2,5-6,15-20H2,(H2,31,32,33)/t23-/m1/s1. The highest BCUT2D eigenvalue weighted by atomic mass is 16.5. The number of imidazole rings is 1. The SMILES string of the molecule is Nc1ncnc2c1n(-c1ccc(Oc3ccccc3)cc1)c(=O)n2[C@@H]1CCN(C(=O)C=CCN2CCCCC2)C1. The lowest BCUT2D eigenvalue weighted by molar-refractivity contribution is -0.125. The van der Waals surface area contributed by atoms with Gasteiger partial charge in [-0.15, -0.1) is 0 Å². The predicted molar refractivity (Wildman–Crippen MR) is 154 cm³/mol. The molecule has 40 heavy (non-hydrogen) atoms. The number of piperidine rings is 1. The lowest BCUT2D eigenvalue weighted by Crippen LogP contribution is -2.32. The van der Waals surface area contributed by atoms with Crippen molar-refractivity contribution in [2.75, 3.05) is 38.5 Å². The monoisotopic (exact) mass is 539 g/mol. The second kappa shape index (κ2) is 11.4. The van der Waals surface area contributed by atoms with Gasteiger partial charge < -0.3 is 15.4 Å². The number of aromatic nitrogens is 4. The van der Waals surface area contributed by atoms with E-state index in [2.05, 4.69) is 14.9 Å². The van der Waals surface area contributed by atoms with Crippen molar-refractivity contribution in [3.63, 3.8) is 0 Å². The van der Waals surface area contributed by atoms with Gasteiger partial charge in [-0.1, -0.05) is 30.7 Å². The van der Waals surface area contributed by atoms with Crippen LogP contribution in [0.3, 0.4) is 0 Å². The number of likely N-dealkylation sites (tertiary alicyclic amines) is 2. The Balaban J connectivity index is 1.23. The second-order valence-corrected chi connectivity index (χ2v) is 10.3. The first-order valence-electron chi connectivity index (χ1n) is 13.8. The van der Waals surface area contributed by atoms with Gasteiger partial charge in [0.25, 0.3) is 0 Å². The number of amides is 1. The smallest absolute Gasteiger partial charge is 0.335 e. The number of benzene rings is 2. The number of ether oxygens (including phenoxy) is 1. The van der Waals surface area contributed by atoms with E-state index in [9.17, 15) is 9.59 Å². The van der Waals surface area contributed by atoms with Crippen molar-refractivity contribution in [1.82, 2.24) is 28.9 Å². The highest BCUT2D eigenvalue weighted by molar-refractivity contribution is 5.88. The van der Waals surface area contributed by atoms with E-state index in [1.165, 1.54) is 25.6 Å². The van der Waals surface area contributed by atoms with Gasteiger partial charge in [0.15, 0.2) is 11.5 Å². The molecule has 2 aromatic carbocycles. The van der Waals surface area contributed by atoms with E-state index in [1.807, 2.05) is 60.7 Å². The predicted octanol–water partition coefficient (Wildman–Crippen LogP) is 3.77. The second-order valence-electron chi connectivity index (χ2n) is 10.3. The van der Waals surface area contributed by atoms with E-state index >= 15 is 0 Å². The normalized spacial score (nSPS) is 18.1. The molecule has 0 radical (unpaired) electrons. The van der Waals surface area contributed by atoms with Crippen LogP contribution >= 0.6 is 0 Å². The largest absolute Gasteiger partial charge is 0.457 e. The Morgan fingerprint density at radius 1 is 0.975 bits per heavy atom. The average Bonchev–Trinajstić information content (AvgIpc) is 3.58. The van der Waals surface area contributed by atoms with Crippen LogP contribution in [0.4, 0.5) is 5.82 Å². The molecule has 2 saturated heterocycles. The number of hydrogen-bond donors (Lipinski definition) is 1. The van der Waals surface area contributed by atoms with Gasteiger partial charge in [-0.2, -0.15) is 0 Å². The highest BCUT2D eigenvalue weighted by Gasteiger charge is 2.31. The van der Waals surface area contributed by atoms with Crippen molar-refractivity contribution in [1.29, 1.82) is 0 Å². The molecular weight excluding hydrogens is 506 g/mol. The summed E-state index contributed by atoms with van der Waals surface area (Å²) in [5.74, 6) is 1.56. The molecule has 4 aromatic rings. The Hall–Kier alpha value is -4.44. The molecule has 6 rings (SSSR count). The van der Waals surface area contributed by atoms with Crippen LogP contribution in [0.2, 0.25) is 0 Å². The minimum atomic E-state index is -0.265. The first-order chi connectivity index (χ1) is 19.6. The number of hydrogen-bond acceptors (Lipinski definition) is 7. The first-order valence-corrected chi connectivity index (χ1v) is 13.8. The lowest BCUT2D eigenvalue weighted by Gasteiger charge is -2.24. The maximum absolute atomic E-state index is 13.9. The van der Waals surface area contributed by atoms with Crippen molar-refractivity contribution in [2.24, 2.45) is 0 Å². The Labute approximate surface area is 232 Å². The number of rotatable bonds is 7. The van der Waals surface area contributed by atoms with Crippen LogP contribution in [-0.4, -0.2) is 67.5 Å². The molecule has 0 saturated carbocycles. The van der Waals surface area contributed by atoms with E-state index in [4.69, 9.17) is 10.5 Å². The third-order valence-electron chi connectivity index (χ3n) is 7.67. The van der Waals surface area contributed by atoms with E-state index in [0.717, 1.165) is 25.4 Å². The molecule has 4 heterocycles. The van der Waals surface area contributed by atoms with Gasteiger partial charge in [-0.05, 0) is 68.8 Å². The molecule has 10 nitrogen and oxygen atoms in total. The summed E-state index contributed by atoms with van der Waals surface area (Å²) in [4.78, 5) is 39.6. The van der Waals surface area contributed by atoms with E-state index in [-0.39, 0.29) is 23.5 Å². The zero-order valence-electron chi connectivity index (χ0n) is 22.4. The van der Waals surface area contributed by atoms with Gasteiger partial charge in [0, 0.05) is 25.7 Å². The molecule has 2 aliphatic heterocycles. The summed E-state index contributed by atoms with van der Waals surface area (Å²) < 4.78 is 9.11. The van der Waals surface area contributed by atoms with E-state index in [0.29, 0.717) is 42.1 Å². The summed E-state index contributed by atoms with van der Waals surface area (Å²) in [5, 5.41) is 0. The molecule has 206 valence electrons. The van der Waals surface area contributed by atoms with Gasteiger partial charge >= 0.3 is 5.69 Å². The molecule has 1 atom stereocenters. The number of carbonyl (C=O) groups is 1.